The lowest BCUT2D eigenvalue weighted by atomic mass is 9.85. The number of esters is 1. The molecule has 1 fully saturated rings. The molecule has 1 saturated heterocycles. The fourth-order valence-electron chi connectivity index (χ4n) is 2.24. The van der Waals surface area contributed by atoms with Crippen molar-refractivity contribution in [2.24, 2.45) is 0 Å². The number of carbonyl (C=O) groups is 1. The average Bonchev–Trinajstić information content (AvgIpc) is 2.91. The topological polar surface area (TPSA) is 38.3 Å². The molecule has 0 bridgehead atoms. The number of methoxy groups -OCH3 is 1. The molecular formula is C15H21NO2S. The molecule has 0 spiro atoms. The van der Waals surface area contributed by atoms with Crippen LogP contribution in [-0.4, -0.2) is 30.6 Å². The molecule has 4 heteroatoms. The molecule has 0 aliphatic carbocycles. The van der Waals surface area contributed by atoms with E-state index in [2.05, 4.69) is 5.32 Å². The third-order valence-corrected chi connectivity index (χ3v) is 4.77. The van der Waals surface area contributed by atoms with E-state index in [4.69, 9.17) is 4.74 Å². The largest absolute Gasteiger partial charge is 0.468 e. The first-order chi connectivity index (χ1) is 9.04. The number of ether oxygens (including phenoxy) is 1. The highest BCUT2D eigenvalue weighted by Gasteiger charge is 2.30. The van der Waals surface area contributed by atoms with Crippen molar-refractivity contribution in [3.8, 4) is 0 Å². The van der Waals surface area contributed by atoms with E-state index >= 15 is 0 Å². The maximum absolute atomic E-state index is 11.8. The summed E-state index contributed by atoms with van der Waals surface area (Å²) >= 11 is 1.99. The van der Waals surface area contributed by atoms with Gasteiger partial charge in [0.15, 0.2) is 0 Å². The number of nitrogens with one attached hydrogen (secondary N) is 1. The van der Waals surface area contributed by atoms with Crippen LogP contribution in [0.2, 0.25) is 0 Å². The average molecular weight is 279 g/mol. The lowest BCUT2D eigenvalue weighted by molar-refractivity contribution is -0.146. The van der Waals surface area contributed by atoms with Gasteiger partial charge in [0.25, 0.3) is 0 Å². The summed E-state index contributed by atoms with van der Waals surface area (Å²) in [6.45, 7) is 3.77. The van der Waals surface area contributed by atoms with Crippen molar-refractivity contribution in [3.05, 3.63) is 29.8 Å². The minimum atomic E-state index is -0.601. The molecule has 19 heavy (non-hydrogen) atoms. The Hall–Kier alpha value is -1.16. The summed E-state index contributed by atoms with van der Waals surface area (Å²) in [5.74, 6) is 2.21. The predicted octanol–water partition coefficient (Wildman–Crippen LogP) is 3.05. The Bertz CT molecular complexity index is 436. The molecule has 1 atom stereocenters. The smallest absolute Gasteiger partial charge is 0.315 e. The minimum Gasteiger partial charge on any atom is -0.468 e. The van der Waals surface area contributed by atoms with E-state index in [1.165, 1.54) is 25.0 Å². The SMILES string of the molecule is COC(=O)C(C)(C)c1ccc(NC2CCSC2)cc1. The molecule has 104 valence electrons. The Balaban J connectivity index is 2.07. The van der Waals surface area contributed by atoms with Crippen molar-refractivity contribution in [1.29, 1.82) is 0 Å². The molecule has 1 heterocycles. The van der Waals surface area contributed by atoms with Gasteiger partial charge in [0.1, 0.15) is 0 Å². The normalized spacial score (nSPS) is 19.2. The molecule has 1 aliphatic heterocycles. The summed E-state index contributed by atoms with van der Waals surface area (Å²) in [6, 6.07) is 8.67. The molecule has 0 radical (unpaired) electrons. The quantitative estimate of drug-likeness (QED) is 0.860. The number of benzene rings is 1. The number of carbonyl (C=O) groups excluding carboxylic acids is 1. The molecule has 1 aromatic carbocycles. The van der Waals surface area contributed by atoms with Gasteiger partial charge in [-0.1, -0.05) is 12.1 Å². The molecule has 1 aliphatic rings. The maximum atomic E-state index is 11.8. The van der Waals surface area contributed by atoms with Crippen molar-refractivity contribution in [2.75, 3.05) is 23.9 Å². The van der Waals surface area contributed by atoms with Crippen LogP contribution in [0, 0.1) is 0 Å². The first kappa shape index (κ1) is 14.3. The molecule has 1 unspecified atom stereocenters. The molecule has 0 aromatic heterocycles. The lowest BCUT2D eigenvalue weighted by Crippen LogP contribution is -2.30. The van der Waals surface area contributed by atoms with E-state index in [1.54, 1.807) is 0 Å². The van der Waals surface area contributed by atoms with Crippen LogP contribution in [0.1, 0.15) is 25.8 Å². The van der Waals surface area contributed by atoms with Crippen LogP contribution in [0.5, 0.6) is 0 Å². The van der Waals surface area contributed by atoms with E-state index < -0.39 is 5.41 Å². The van der Waals surface area contributed by atoms with Gasteiger partial charge in [-0.2, -0.15) is 11.8 Å². The number of anilines is 1. The standard InChI is InChI=1S/C15H21NO2S/c1-15(2,14(17)18-3)11-4-6-12(7-5-11)16-13-8-9-19-10-13/h4-7,13,16H,8-10H2,1-3H3. The third kappa shape index (κ3) is 3.24. The second-order valence-corrected chi connectivity index (χ2v) is 6.55. The van der Waals surface area contributed by atoms with Crippen LogP contribution in [0.4, 0.5) is 5.69 Å². The van der Waals surface area contributed by atoms with Gasteiger partial charge < -0.3 is 10.1 Å². The first-order valence-corrected chi connectivity index (χ1v) is 7.73. The van der Waals surface area contributed by atoms with E-state index in [9.17, 15) is 4.79 Å². The first-order valence-electron chi connectivity index (χ1n) is 6.57. The predicted molar refractivity (Wildman–Crippen MR) is 80.8 cm³/mol. The summed E-state index contributed by atoms with van der Waals surface area (Å²) in [5, 5.41) is 3.53. The zero-order valence-corrected chi connectivity index (χ0v) is 12.5. The number of rotatable bonds is 4. The van der Waals surface area contributed by atoms with E-state index in [1.807, 2.05) is 49.9 Å². The van der Waals surface area contributed by atoms with Gasteiger partial charge in [-0.25, -0.2) is 0 Å². The Morgan fingerprint density at radius 1 is 1.37 bits per heavy atom. The Morgan fingerprint density at radius 3 is 2.58 bits per heavy atom. The van der Waals surface area contributed by atoms with Crippen molar-refractivity contribution in [2.45, 2.75) is 31.7 Å². The summed E-state index contributed by atoms with van der Waals surface area (Å²) in [5.41, 5.74) is 1.50. The number of hydrogen-bond acceptors (Lipinski definition) is 4. The molecular weight excluding hydrogens is 258 g/mol. The van der Waals surface area contributed by atoms with Crippen molar-refractivity contribution >= 4 is 23.4 Å². The van der Waals surface area contributed by atoms with Gasteiger partial charge in [-0.15, -0.1) is 0 Å². The van der Waals surface area contributed by atoms with Crippen LogP contribution in [0.3, 0.4) is 0 Å². The molecule has 1 aromatic rings. The van der Waals surface area contributed by atoms with Gasteiger partial charge in [0.2, 0.25) is 0 Å². The monoisotopic (exact) mass is 279 g/mol. The highest BCUT2D eigenvalue weighted by atomic mass is 32.2. The minimum absolute atomic E-state index is 0.208. The van der Waals surface area contributed by atoms with Gasteiger partial charge in [0.05, 0.1) is 12.5 Å². The van der Waals surface area contributed by atoms with Crippen LogP contribution < -0.4 is 5.32 Å². The molecule has 0 amide bonds. The highest BCUT2D eigenvalue weighted by Crippen LogP contribution is 2.27. The van der Waals surface area contributed by atoms with Crippen LogP contribution >= 0.6 is 11.8 Å². The Kier molecular flexibility index (Phi) is 4.40. The van der Waals surface area contributed by atoms with Gasteiger partial charge >= 0.3 is 5.97 Å². The van der Waals surface area contributed by atoms with E-state index in [0.29, 0.717) is 6.04 Å². The zero-order valence-electron chi connectivity index (χ0n) is 11.7. The second kappa shape index (κ2) is 5.87. The summed E-state index contributed by atoms with van der Waals surface area (Å²) in [4.78, 5) is 11.8. The maximum Gasteiger partial charge on any atom is 0.315 e. The summed E-state index contributed by atoms with van der Waals surface area (Å²) < 4.78 is 4.85. The van der Waals surface area contributed by atoms with Crippen molar-refractivity contribution in [3.63, 3.8) is 0 Å². The molecule has 3 nitrogen and oxygen atoms in total. The van der Waals surface area contributed by atoms with Crippen LogP contribution in [-0.2, 0) is 14.9 Å². The summed E-state index contributed by atoms with van der Waals surface area (Å²) in [7, 11) is 1.43. The second-order valence-electron chi connectivity index (χ2n) is 5.40. The summed E-state index contributed by atoms with van der Waals surface area (Å²) in [6.07, 6.45) is 1.22. The third-order valence-electron chi connectivity index (χ3n) is 3.60. The number of hydrogen-bond donors (Lipinski definition) is 1. The lowest BCUT2D eigenvalue weighted by Gasteiger charge is -2.22. The Labute approximate surface area is 119 Å². The van der Waals surface area contributed by atoms with Crippen LogP contribution in [0.25, 0.3) is 0 Å². The molecule has 2 rings (SSSR count). The van der Waals surface area contributed by atoms with Gasteiger partial charge in [0, 0.05) is 17.5 Å². The van der Waals surface area contributed by atoms with Crippen molar-refractivity contribution < 1.29 is 9.53 Å². The van der Waals surface area contributed by atoms with Gasteiger partial charge in [-0.3, -0.25) is 4.79 Å². The molecule has 1 N–H and O–H groups in total. The number of thioether (sulfide) groups is 1. The van der Waals surface area contributed by atoms with Crippen LogP contribution in [0.15, 0.2) is 24.3 Å². The van der Waals surface area contributed by atoms with E-state index in [0.717, 1.165) is 11.3 Å². The fourth-order valence-corrected chi connectivity index (χ4v) is 3.39. The van der Waals surface area contributed by atoms with Gasteiger partial charge in [-0.05, 0) is 43.7 Å². The fraction of sp³-hybridized carbons (Fsp3) is 0.533. The van der Waals surface area contributed by atoms with E-state index in [-0.39, 0.29) is 5.97 Å². The van der Waals surface area contributed by atoms with Crippen molar-refractivity contribution in [1.82, 2.24) is 0 Å². The Morgan fingerprint density at radius 2 is 2.05 bits per heavy atom. The molecule has 0 saturated carbocycles. The zero-order chi connectivity index (χ0) is 13.9. The highest BCUT2D eigenvalue weighted by molar-refractivity contribution is 7.99.